The summed E-state index contributed by atoms with van der Waals surface area (Å²) in [6.07, 6.45) is 2.42. The number of nitrogens with one attached hydrogen (secondary N) is 1. The molecule has 10 heteroatoms. The lowest BCUT2D eigenvalue weighted by molar-refractivity contribution is -0.143. The Morgan fingerprint density at radius 1 is 1.16 bits per heavy atom. The highest BCUT2D eigenvalue weighted by molar-refractivity contribution is 5.89. The predicted octanol–water partition coefficient (Wildman–Crippen LogP) is 3.36. The number of ether oxygens (including phenoxy) is 3. The minimum absolute atomic E-state index is 0.0592. The quantitative estimate of drug-likeness (QED) is 0.388. The van der Waals surface area contributed by atoms with E-state index in [2.05, 4.69) is 29.5 Å². The standard InChI is InChI=1S/C28H37N5O5/c1-19(2)13-14-29-28(35)27(20-11-12-24(36-3)25(16-20)37-4)32(17-21-8-7-15-38-21)26(34)18-33-23-10-6-5-9-22(23)30-31-33/h5-6,9-12,16,19,21,27H,7-8,13-15,17-18H2,1-4H3,(H,29,35)/t21-,27-/m1/s1. The zero-order valence-corrected chi connectivity index (χ0v) is 22.6. The molecule has 0 aliphatic carbocycles. The molecule has 1 fully saturated rings. The van der Waals surface area contributed by atoms with E-state index in [0.717, 1.165) is 24.8 Å². The van der Waals surface area contributed by atoms with Gasteiger partial charge in [-0.15, -0.1) is 5.10 Å². The number of hydrogen-bond donors (Lipinski definition) is 1. The maximum atomic E-state index is 14.0. The molecule has 3 aromatic rings. The third-order valence-corrected chi connectivity index (χ3v) is 6.75. The Morgan fingerprint density at radius 2 is 1.95 bits per heavy atom. The summed E-state index contributed by atoms with van der Waals surface area (Å²) in [6, 6.07) is 11.9. The van der Waals surface area contributed by atoms with Crippen molar-refractivity contribution in [2.45, 2.75) is 51.8 Å². The summed E-state index contributed by atoms with van der Waals surface area (Å²) in [5.41, 5.74) is 2.08. The normalized spacial score (nSPS) is 16.0. The van der Waals surface area contributed by atoms with Crippen molar-refractivity contribution in [2.24, 2.45) is 5.92 Å². The number of carbonyl (C=O) groups is 2. The molecule has 1 aromatic heterocycles. The van der Waals surface area contributed by atoms with E-state index in [1.807, 2.05) is 24.3 Å². The summed E-state index contributed by atoms with van der Waals surface area (Å²) < 4.78 is 18.4. The van der Waals surface area contributed by atoms with Gasteiger partial charge in [-0.25, -0.2) is 4.68 Å². The van der Waals surface area contributed by atoms with Crippen molar-refractivity contribution in [3.05, 3.63) is 48.0 Å². The van der Waals surface area contributed by atoms with Gasteiger partial charge >= 0.3 is 0 Å². The Bertz CT molecular complexity index is 1240. The van der Waals surface area contributed by atoms with Crippen LogP contribution < -0.4 is 14.8 Å². The van der Waals surface area contributed by atoms with Crippen molar-refractivity contribution in [2.75, 3.05) is 33.9 Å². The zero-order chi connectivity index (χ0) is 27.1. The third-order valence-electron chi connectivity index (χ3n) is 6.75. The lowest BCUT2D eigenvalue weighted by atomic mass is 10.0. The Labute approximate surface area is 223 Å². The molecule has 204 valence electrons. The Kier molecular flexibility index (Phi) is 9.17. The van der Waals surface area contributed by atoms with Crippen LogP contribution >= 0.6 is 0 Å². The number of rotatable bonds is 12. The topological polar surface area (TPSA) is 108 Å². The van der Waals surface area contributed by atoms with Crippen LogP contribution in [-0.4, -0.2) is 71.7 Å². The summed E-state index contributed by atoms with van der Waals surface area (Å²) in [4.78, 5) is 29.3. The Hall–Kier alpha value is -3.66. The molecular weight excluding hydrogens is 486 g/mol. The van der Waals surface area contributed by atoms with Crippen molar-refractivity contribution in [3.63, 3.8) is 0 Å². The van der Waals surface area contributed by atoms with E-state index in [1.165, 1.54) is 0 Å². The maximum absolute atomic E-state index is 14.0. The second-order valence-corrected chi connectivity index (χ2v) is 9.91. The van der Waals surface area contributed by atoms with Crippen LogP contribution in [0.15, 0.2) is 42.5 Å². The lowest BCUT2D eigenvalue weighted by Gasteiger charge is -2.33. The van der Waals surface area contributed by atoms with E-state index < -0.39 is 6.04 Å². The molecule has 38 heavy (non-hydrogen) atoms. The zero-order valence-electron chi connectivity index (χ0n) is 22.6. The second kappa shape index (κ2) is 12.7. The van der Waals surface area contributed by atoms with Crippen molar-refractivity contribution >= 4 is 22.8 Å². The molecule has 10 nitrogen and oxygen atoms in total. The lowest BCUT2D eigenvalue weighted by Crippen LogP contribution is -2.48. The first-order valence-corrected chi connectivity index (χ1v) is 13.1. The number of nitrogens with zero attached hydrogens (tertiary/aromatic N) is 4. The van der Waals surface area contributed by atoms with Gasteiger partial charge in [-0.05, 0) is 55.0 Å². The van der Waals surface area contributed by atoms with Gasteiger partial charge in [0.1, 0.15) is 18.1 Å². The highest BCUT2D eigenvalue weighted by Gasteiger charge is 2.35. The smallest absolute Gasteiger partial charge is 0.247 e. The average molecular weight is 524 g/mol. The fraction of sp³-hybridized carbons (Fsp3) is 0.500. The minimum Gasteiger partial charge on any atom is -0.493 e. The van der Waals surface area contributed by atoms with Crippen molar-refractivity contribution in [1.82, 2.24) is 25.2 Å². The van der Waals surface area contributed by atoms with E-state index in [1.54, 1.807) is 42.0 Å². The number of carbonyl (C=O) groups excluding carboxylic acids is 2. The molecule has 0 spiro atoms. The average Bonchev–Trinajstić information content (AvgIpc) is 3.58. The fourth-order valence-electron chi connectivity index (χ4n) is 4.69. The number of fused-ring (bicyclic) bond motifs is 1. The summed E-state index contributed by atoms with van der Waals surface area (Å²) >= 11 is 0. The van der Waals surface area contributed by atoms with Crippen LogP contribution in [0.5, 0.6) is 11.5 Å². The van der Waals surface area contributed by atoms with Crippen molar-refractivity contribution < 1.29 is 23.8 Å². The number of para-hydroxylation sites is 1. The van der Waals surface area contributed by atoms with Crippen LogP contribution in [0.2, 0.25) is 0 Å². The number of hydrogen-bond acceptors (Lipinski definition) is 7. The van der Waals surface area contributed by atoms with Crippen LogP contribution in [0, 0.1) is 5.92 Å². The molecule has 1 aliphatic heterocycles. The SMILES string of the molecule is COc1ccc([C@H](C(=O)NCCC(C)C)N(C[C@H]2CCCO2)C(=O)Cn2nnc3ccccc32)cc1OC. The first-order valence-electron chi connectivity index (χ1n) is 13.1. The summed E-state index contributed by atoms with van der Waals surface area (Å²) in [7, 11) is 3.10. The first-order chi connectivity index (χ1) is 18.4. The summed E-state index contributed by atoms with van der Waals surface area (Å²) in [6.45, 7) is 5.58. The van der Waals surface area contributed by atoms with Gasteiger partial charge in [0.15, 0.2) is 11.5 Å². The second-order valence-electron chi connectivity index (χ2n) is 9.91. The molecule has 1 aliphatic rings. The van der Waals surface area contributed by atoms with Crippen LogP contribution in [0.4, 0.5) is 0 Å². The van der Waals surface area contributed by atoms with E-state index in [-0.39, 0.29) is 31.0 Å². The maximum Gasteiger partial charge on any atom is 0.247 e. The van der Waals surface area contributed by atoms with Crippen molar-refractivity contribution in [3.8, 4) is 11.5 Å². The van der Waals surface area contributed by atoms with E-state index in [0.29, 0.717) is 41.6 Å². The number of aromatic nitrogens is 3. The molecule has 2 aromatic carbocycles. The predicted molar refractivity (Wildman–Crippen MR) is 143 cm³/mol. The van der Waals surface area contributed by atoms with Gasteiger partial charge in [0.25, 0.3) is 0 Å². The van der Waals surface area contributed by atoms with Crippen LogP contribution in [0.1, 0.15) is 44.7 Å². The molecule has 2 heterocycles. The molecule has 1 saturated heterocycles. The molecular formula is C28H37N5O5. The van der Waals surface area contributed by atoms with Crippen LogP contribution in [-0.2, 0) is 20.9 Å². The highest BCUT2D eigenvalue weighted by atomic mass is 16.5. The van der Waals surface area contributed by atoms with Gasteiger partial charge in [0.05, 0.1) is 25.8 Å². The number of amides is 2. The van der Waals surface area contributed by atoms with E-state index in [9.17, 15) is 9.59 Å². The monoisotopic (exact) mass is 523 g/mol. The molecule has 0 unspecified atom stereocenters. The number of benzene rings is 2. The first kappa shape index (κ1) is 27.4. The van der Waals surface area contributed by atoms with Gasteiger partial charge < -0.3 is 24.4 Å². The number of methoxy groups -OCH3 is 2. The Morgan fingerprint density at radius 3 is 2.66 bits per heavy atom. The van der Waals surface area contributed by atoms with Gasteiger partial charge in [-0.2, -0.15) is 0 Å². The van der Waals surface area contributed by atoms with Gasteiger partial charge in [-0.1, -0.05) is 37.3 Å². The molecule has 0 radical (unpaired) electrons. The fourth-order valence-corrected chi connectivity index (χ4v) is 4.69. The van der Waals surface area contributed by atoms with Gasteiger partial charge in [0.2, 0.25) is 11.8 Å². The highest BCUT2D eigenvalue weighted by Crippen LogP contribution is 2.33. The van der Waals surface area contributed by atoms with Gasteiger partial charge in [0, 0.05) is 19.7 Å². The van der Waals surface area contributed by atoms with Crippen LogP contribution in [0.3, 0.4) is 0 Å². The van der Waals surface area contributed by atoms with Gasteiger partial charge in [-0.3, -0.25) is 9.59 Å². The van der Waals surface area contributed by atoms with E-state index in [4.69, 9.17) is 14.2 Å². The molecule has 0 bridgehead atoms. The largest absolute Gasteiger partial charge is 0.493 e. The third kappa shape index (κ3) is 6.42. The molecule has 1 N–H and O–H groups in total. The molecule has 4 rings (SSSR count). The molecule has 0 saturated carbocycles. The van der Waals surface area contributed by atoms with Crippen molar-refractivity contribution in [1.29, 1.82) is 0 Å². The Balaban J connectivity index is 1.71. The molecule has 2 atom stereocenters. The molecule has 2 amide bonds. The summed E-state index contributed by atoms with van der Waals surface area (Å²) in [5, 5.41) is 11.4. The minimum atomic E-state index is -0.895. The summed E-state index contributed by atoms with van der Waals surface area (Å²) in [5.74, 6) is 0.945. The van der Waals surface area contributed by atoms with Crippen LogP contribution in [0.25, 0.3) is 11.0 Å². The van der Waals surface area contributed by atoms with E-state index >= 15 is 0 Å².